The molecule has 0 radical (unpaired) electrons. The molecule has 0 saturated carbocycles. The molecule has 1 aliphatic rings. The predicted octanol–water partition coefficient (Wildman–Crippen LogP) is 0.156. The number of rotatable bonds is 0. The van der Waals surface area contributed by atoms with Crippen molar-refractivity contribution in [2.45, 2.75) is 25.8 Å². The molecule has 0 atom stereocenters. The molecule has 2 heterocycles. The molecule has 1 aromatic rings. The van der Waals surface area contributed by atoms with Crippen LogP contribution in [-0.4, -0.2) is 20.4 Å². The lowest BCUT2D eigenvalue weighted by Crippen LogP contribution is -2.31. The van der Waals surface area contributed by atoms with Crippen LogP contribution in [0.3, 0.4) is 0 Å². The first-order chi connectivity index (χ1) is 4.67. The minimum atomic E-state index is 0.122. The van der Waals surface area contributed by atoms with Crippen LogP contribution in [0.5, 0.6) is 0 Å². The molecule has 0 spiro atoms. The Morgan fingerprint density at radius 1 is 1.70 bits per heavy atom. The average molecular weight is 138 g/mol. The van der Waals surface area contributed by atoms with E-state index in [9.17, 15) is 0 Å². The van der Waals surface area contributed by atoms with Crippen LogP contribution < -0.4 is 5.43 Å². The molecule has 1 aromatic heterocycles. The van der Waals surface area contributed by atoms with Gasteiger partial charge in [0, 0.05) is 6.42 Å². The van der Waals surface area contributed by atoms with Gasteiger partial charge in [0.05, 0.1) is 5.54 Å². The lowest BCUT2D eigenvalue weighted by Gasteiger charge is -2.16. The number of nitrogens with zero attached hydrogens (tertiary/aromatic N) is 3. The van der Waals surface area contributed by atoms with E-state index in [1.807, 2.05) is 0 Å². The fourth-order valence-corrected chi connectivity index (χ4v) is 1.20. The van der Waals surface area contributed by atoms with Gasteiger partial charge in [-0.15, -0.1) is 5.10 Å². The first-order valence-corrected chi connectivity index (χ1v) is 3.34. The molecule has 1 N–H and O–H groups in total. The maximum atomic E-state index is 4.08. The van der Waals surface area contributed by atoms with Crippen molar-refractivity contribution < 1.29 is 0 Å². The summed E-state index contributed by atoms with van der Waals surface area (Å²) in [5, 5.41) is 3.99. The van der Waals surface area contributed by atoms with Gasteiger partial charge in [0.15, 0.2) is 5.82 Å². The fraction of sp³-hybridized carbons (Fsp3) is 0.667. The molecule has 10 heavy (non-hydrogen) atoms. The molecular formula is C6H10N4. The van der Waals surface area contributed by atoms with Gasteiger partial charge in [-0.3, -0.25) is 0 Å². The highest BCUT2D eigenvalue weighted by molar-refractivity contribution is 5.08. The second-order valence-corrected chi connectivity index (χ2v) is 3.26. The molecule has 0 amide bonds. The topological polar surface area (TPSA) is 42.7 Å². The van der Waals surface area contributed by atoms with Crippen LogP contribution in [0.25, 0.3) is 0 Å². The van der Waals surface area contributed by atoms with Crippen molar-refractivity contribution >= 4 is 0 Å². The standard InChI is InChI=1S/C6H10N4/c1-6(2)3-5-7-4-8-10(5)9-6/h4,9H,3H2,1-2H3. The van der Waals surface area contributed by atoms with E-state index >= 15 is 0 Å². The summed E-state index contributed by atoms with van der Waals surface area (Å²) in [6.45, 7) is 4.26. The average Bonchev–Trinajstić information content (AvgIpc) is 2.20. The van der Waals surface area contributed by atoms with Gasteiger partial charge >= 0.3 is 0 Å². The second kappa shape index (κ2) is 1.51. The third kappa shape index (κ3) is 0.683. The molecule has 0 fully saturated rings. The molecule has 1 aliphatic heterocycles. The third-order valence-corrected chi connectivity index (χ3v) is 1.63. The Bertz CT molecular complexity index is 228. The van der Waals surface area contributed by atoms with Gasteiger partial charge in [-0.05, 0) is 13.8 Å². The number of hydrogen-bond donors (Lipinski definition) is 1. The smallest absolute Gasteiger partial charge is 0.152 e. The normalized spacial score (nSPS) is 20.2. The Morgan fingerprint density at radius 3 is 3.20 bits per heavy atom. The minimum absolute atomic E-state index is 0.122. The summed E-state index contributed by atoms with van der Waals surface area (Å²) in [5.74, 6) is 1.02. The van der Waals surface area contributed by atoms with Gasteiger partial charge in [-0.25, -0.2) is 4.98 Å². The van der Waals surface area contributed by atoms with Crippen molar-refractivity contribution in [1.82, 2.24) is 14.9 Å². The Balaban J connectivity index is 2.37. The van der Waals surface area contributed by atoms with Crippen LogP contribution in [0.2, 0.25) is 0 Å². The zero-order valence-corrected chi connectivity index (χ0v) is 6.13. The molecular weight excluding hydrogens is 128 g/mol. The van der Waals surface area contributed by atoms with Gasteiger partial charge in [0.25, 0.3) is 0 Å². The molecule has 4 heteroatoms. The molecule has 4 nitrogen and oxygen atoms in total. The molecule has 0 aliphatic carbocycles. The van der Waals surface area contributed by atoms with Gasteiger partial charge in [0.1, 0.15) is 6.33 Å². The van der Waals surface area contributed by atoms with E-state index < -0.39 is 0 Å². The number of nitrogens with one attached hydrogen (secondary N) is 1. The van der Waals surface area contributed by atoms with E-state index in [4.69, 9.17) is 0 Å². The largest absolute Gasteiger partial charge is 0.302 e. The fourth-order valence-electron chi connectivity index (χ4n) is 1.20. The van der Waals surface area contributed by atoms with Gasteiger partial charge < -0.3 is 5.43 Å². The van der Waals surface area contributed by atoms with E-state index in [1.54, 1.807) is 11.1 Å². The highest BCUT2D eigenvalue weighted by atomic mass is 15.6. The zero-order chi connectivity index (χ0) is 7.19. The van der Waals surface area contributed by atoms with E-state index in [1.165, 1.54) is 0 Å². The van der Waals surface area contributed by atoms with Crippen LogP contribution >= 0.6 is 0 Å². The van der Waals surface area contributed by atoms with Crippen LogP contribution in [0.4, 0.5) is 0 Å². The molecule has 54 valence electrons. The van der Waals surface area contributed by atoms with Crippen LogP contribution in [0.1, 0.15) is 19.7 Å². The molecule has 0 bridgehead atoms. The zero-order valence-electron chi connectivity index (χ0n) is 6.13. The predicted molar refractivity (Wildman–Crippen MR) is 37.2 cm³/mol. The molecule has 0 unspecified atom stereocenters. The van der Waals surface area contributed by atoms with Crippen molar-refractivity contribution in [1.29, 1.82) is 0 Å². The molecule has 2 rings (SSSR count). The van der Waals surface area contributed by atoms with Crippen LogP contribution in [0, 0.1) is 0 Å². The van der Waals surface area contributed by atoms with Gasteiger partial charge in [-0.2, -0.15) is 4.79 Å². The Kier molecular flexibility index (Phi) is 0.859. The summed E-state index contributed by atoms with van der Waals surface area (Å²) in [5.41, 5.74) is 3.32. The van der Waals surface area contributed by atoms with Crippen molar-refractivity contribution in [2.75, 3.05) is 5.43 Å². The number of aromatic nitrogens is 3. The second-order valence-electron chi connectivity index (χ2n) is 3.26. The third-order valence-electron chi connectivity index (χ3n) is 1.63. The van der Waals surface area contributed by atoms with E-state index in [0.717, 1.165) is 12.2 Å². The van der Waals surface area contributed by atoms with E-state index in [0.29, 0.717) is 0 Å². The first-order valence-electron chi connectivity index (χ1n) is 3.34. The summed E-state index contributed by atoms with van der Waals surface area (Å²) in [7, 11) is 0. The first kappa shape index (κ1) is 5.70. The van der Waals surface area contributed by atoms with E-state index in [2.05, 4.69) is 29.4 Å². The van der Waals surface area contributed by atoms with Gasteiger partial charge in [0.2, 0.25) is 0 Å². The summed E-state index contributed by atoms with van der Waals surface area (Å²) >= 11 is 0. The Morgan fingerprint density at radius 2 is 2.50 bits per heavy atom. The maximum absolute atomic E-state index is 4.08. The molecule has 0 aromatic carbocycles. The molecule has 0 saturated heterocycles. The van der Waals surface area contributed by atoms with Crippen LogP contribution in [-0.2, 0) is 6.42 Å². The number of fused-ring (bicyclic) bond motifs is 1. The monoisotopic (exact) mass is 138 g/mol. The Labute approximate surface area is 59.2 Å². The lowest BCUT2D eigenvalue weighted by molar-refractivity contribution is 0.552. The number of hydrogen-bond acceptors (Lipinski definition) is 3. The summed E-state index contributed by atoms with van der Waals surface area (Å²) in [6, 6.07) is 0. The maximum Gasteiger partial charge on any atom is 0.152 e. The van der Waals surface area contributed by atoms with Crippen molar-refractivity contribution in [3.8, 4) is 0 Å². The van der Waals surface area contributed by atoms with Crippen molar-refractivity contribution in [2.24, 2.45) is 0 Å². The summed E-state index contributed by atoms with van der Waals surface area (Å²) in [6.07, 6.45) is 2.52. The summed E-state index contributed by atoms with van der Waals surface area (Å²) in [4.78, 5) is 5.82. The minimum Gasteiger partial charge on any atom is -0.302 e. The highest BCUT2D eigenvalue weighted by Crippen LogP contribution is 2.17. The van der Waals surface area contributed by atoms with Gasteiger partial charge in [-0.1, -0.05) is 0 Å². The Hall–Kier alpha value is -1.06. The highest BCUT2D eigenvalue weighted by Gasteiger charge is 2.28. The van der Waals surface area contributed by atoms with Crippen LogP contribution in [0.15, 0.2) is 6.33 Å². The SMILES string of the molecule is CC1(C)Cc2ncnn2N1. The van der Waals surface area contributed by atoms with Crippen molar-refractivity contribution in [3.05, 3.63) is 12.2 Å². The van der Waals surface area contributed by atoms with Crippen molar-refractivity contribution in [3.63, 3.8) is 0 Å². The quantitative estimate of drug-likeness (QED) is 0.555. The summed E-state index contributed by atoms with van der Waals surface area (Å²) < 4.78 is 0. The van der Waals surface area contributed by atoms with E-state index in [-0.39, 0.29) is 5.54 Å². The lowest BCUT2D eigenvalue weighted by atomic mass is 10.0.